The Morgan fingerprint density at radius 3 is 2.56 bits per heavy atom. The first-order valence-electron chi connectivity index (χ1n) is 5.82. The largest absolute Gasteiger partial charge is 0.379 e. The molecule has 3 heteroatoms. The summed E-state index contributed by atoms with van der Waals surface area (Å²) in [5, 5.41) is 2.92. The van der Waals surface area contributed by atoms with Crippen LogP contribution in [0.1, 0.15) is 16.7 Å². The molecular formula is C15H15F2N. The van der Waals surface area contributed by atoms with E-state index in [0.717, 1.165) is 17.2 Å². The van der Waals surface area contributed by atoms with Gasteiger partial charge in [0.05, 0.1) is 5.69 Å². The molecule has 0 aliphatic rings. The molecule has 18 heavy (non-hydrogen) atoms. The quantitative estimate of drug-likeness (QED) is 0.857. The second-order valence-corrected chi connectivity index (χ2v) is 4.38. The van der Waals surface area contributed by atoms with Gasteiger partial charge in [-0.25, -0.2) is 8.78 Å². The zero-order valence-electron chi connectivity index (χ0n) is 10.4. The molecule has 0 bridgehead atoms. The average molecular weight is 247 g/mol. The first-order valence-corrected chi connectivity index (χ1v) is 5.82. The van der Waals surface area contributed by atoms with Gasteiger partial charge in [0.2, 0.25) is 0 Å². The van der Waals surface area contributed by atoms with E-state index in [1.54, 1.807) is 0 Å². The van der Waals surface area contributed by atoms with Crippen molar-refractivity contribution in [1.29, 1.82) is 0 Å². The Bertz CT molecular complexity index is 564. The standard InChI is InChI=1S/C15H15F2N/c1-10-6-7-12(11(2)8-10)9-18-14-5-3-4-13(16)15(14)17/h3-8,18H,9H2,1-2H3. The van der Waals surface area contributed by atoms with Gasteiger partial charge in [-0.15, -0.1) is 0 Å². The minimum absolute atomic E-state index is 0.190. The lowest BCUT2D eigenvalue weighted by molar-refractivity contribution is 0.511. The second-order valence-electron chi connectivity index (χ2n) is 4.38. The van der Waals surface area contributed by atoms with Crippen molar-refractivity contribution in [1.82, 2.24) is 0 Å². The number of halogens is 2. The van der Waals surface area contributed by atoms with Crippen molar-refractivity contribution in [3.05, 3.63) is 64.7 Å². The topological polar surface area (TPSA) is 12.0 Å². The van der Waals surface area contributed by atoms with E-state index < -0.39 is 11.6 Å². The number of hydrogen-bond acceptors (Lipinski definition) is 1. The summed E-state index contributed by atoms with van der Waals surface area (Å²) in [4.78, 5) is 0. The molecule has 0 saturated heterocycles. The molecule has 0 amide bonds. The van der Waals surface area contributed by atoms with Gasteiger partial charge in [-0.3, -0.25) is 0 Å². The van der Waals surface area contributed by atoms with Crippen LogP contribution >= 0.6 is 0 Å². The zero-order valence-corrected chi connectivity index (χ0v) is 10.4. The molecule has 2 aromatic rings. The number of hydrogen-bond donors (Lipinski definition) is 1. The smallest absolute Gasteiger partial charge is 0.181 e. The van der Waals surface area contributed by atoms with Gasteiger partial charge in [0.15, 0.2) is 11.6 Å². The van der Waals surface area contributed by atoms with Crippen molar-refractivity contribution >= 4 is 5.69 Å². The molecule has 0 aliphatic heterocycles. The van der Waals surface area contributed by atoms with Gasteiger partial charge in [0.25, 0.3) is 0 Å². The Kier molecular flexibility index (Phi) is 3.60. The fourth-order valence-electron chi connectivity index (χ4n) is 1.87. The van der Waals surface area contributed by atoms with Crippen molar-refractivity contribution < 1.29 is 8.78 Å². The SMILES string of the molecule is Cc1ccc(CNc2cccc(F)c2F)c(C)c1. The summed E-state index contributed by atoms with van der Waals surface area (Å²) in [7, 11) is 0. The van der Waals surface area contributed by atoms with Crippen LogP contribution in [0.3, 0.4) is 0 Å². The summed E-state index contributed by atoms with van der Waals surface area (Å²) in [5.74, 6) is -1.66. The predicted molar refractivity (Wildman–Crippen MR) is 69.6 cm³/mol. The average Bonchev–Trinajstić information content (AvgIpc) is 2.33. The summed E-state index contributed by atoms with van der Waals surface area (Å²) in [6, 6.07) is 10.2. The highest BCUT2D eigenvalue weighted by Crippen LogP contribution is 2.18. The minimum Gasteiger partial charge on any atom is -0.379 e. The molecule has 0 radical (unpaired) electrons. The maximum absolute atomic E-state index is 13.4. The summed E-state index contributed by atoms with van der Waals surface area (Å²) in [6.07, 6.45) is 0. The maximum atomic E-state index is 13.4. The first-order chi connectivity index (χ1) is 8.58. The lowest BCUT2D eigenvalue weighted by atomic mass is 10.1. The maximum Gasteiger partial charge on any atom is 0.181 e. The van der Waals surface area contributed by atoms with Crippen molar-refractivity contribution in [3.63, 3.8) is 0 Å². The summed E-state index contributed by atoms with van der Waals surface area (Å²) in [5.41, 5.74) is 3.59. The first kappa shape index (κ1) is 12.6. The van der Waals surface area contributed by atoms with E-state index in [4.69, 9.17) is 0 Å². The Labute approximate surface area is 105 Å². The van der Waals surface area contributed by atoms with E-state index in [9.17, 15) is 8.78 Å². The van der Waals surface area contributed by atoms with Gasteiger partial charge in [-0.05, 0) is 37.1 Å². The molecule has 0 aromatic heterocycles. The molecule has 0 saturated carbocycles. The molecular weight excluding hydrogens is 232 g/mol. The van der Waals surface area contributed by atoms with Gasteiger partial charge >= 0.3 is 0 Å². The van der Waals surface area contributed by atoms with Gasteiger partial charge in [-0.1, -0.05) is 29.8 Å². The number of benzene rings is 2. The van der Waals surface area contributed by atoms with Crippen LogP contribution in [0.2, 0.25) is 0 Å². The summed E-state index contributed by atoms with van der Waals surface area (Å²) >= 11 is 0. The Morgan fingerprint density at radius 2 is 1.83 bits per heavy atom. The van der Waals surface area contributed by atoms with Crippen molar-refractivity contribution in [3.8, 4) is 0 Å². The van der Waals surface area contributed by atoms with Crippen LogP contribution in [0.15, 0.2) is 36.4 Å². The van der Waals surface area contributed by atoms with E-state index in [-0.39, 0.29) is 5.69 Å². The lowest BCUT2D eigenvalue weighted by Gasteiger charge is -2.10. The van der Waals surface area contributed by atoms with Crippen LogP contribution in [0.4, 0.5) is 14.5 Å². The Morgan fingerprint density at radius 1 is 1.06 bits per heavy atom. The van der Waals surface area contributed by atoms with Crippen LogP contribution in [0, 0.1) is 25.5 Å². The van der Waals surface area contributed by atoms with Crippen LogP contribution in [0.5, 0.6) is 0 Å². The summed E-state index contributed by atoms with van der Waals surface area (Å²) < 4.78 is 26.5. The van der Waals surface area contributed by atoms with E-state index >= 15 is 0 Å². The van der Waals surface area contributed by atoms with Gasteiger partial charge in [-0.2, -0.15) is 0 Å². The van der Waals surface area contributed by atoms with Crippen molar-refractivity contribution in [2.75, 3.05) is 5.32 Å². The number of aryl methyl sites for hydroxylation is 2. The number of nitrogens with one attached hydrogen (secondary N) is 1. The fraction of sp³-hybridized carbons (Fsp3) is 0.200. The Balaban J connectivity index is 2.14. The molecule has 2 aromatic carbocycles. The lowest BCUT2D eigenvalue weighted by Crippen LogP contribution is -2.04. The van der Waals surface area contributed by atoms with E-state index in [1.165, 1.54) is 17.7 Å². The molecule has 2 rings (SSSR count). The molecule has 0 spiro atoms. The molecule has 0 aliphatic carbocycles. The van der Waals surface area contributed by atoms with Crippen LogP contribution in [-0.4, -0.2) is 0 Å². The second kappa shape index (κ2) is 5.17. The third-order valence-corrected chi connectivity index (χ3v) is 2.92. The highest BCUT2D eigenvalue weighted by atomic mass is 19.2. The molecule has 1 N–H and O–H groups in total. The zero-order chi connectivity index (χ0) is 13.1. The predicted octanol–water partition coefficient (Wildman–Crippen LogP) is 4.19. The van der Waals surface area contributed by atoms with Gasteiger partial charge in [0.1, 0.15) is 0 Å². The fourth-order valence-corrected chi connectivity index (χ4v) is 1.87. The molecule has 1 nitrogen and oxygen atoms in total. The highest BCUT2D eigenvalue weighted by molar-refractivity contribution is 5.46. The van der Waals surface area contributed by atoms with E-state index in [1.807, 2.05) is 26.0 Å². The molecule has 0 unspecified atom stereocenters. The van der Waals surface area contributed by atoms with Gasteiger partial charge in [0, 0.05) is 6.54 Å². The summed E-state index contributed by atoms with van der Waals surface area (Å²) in [6.45, 7) is 4.51. The van der Waals surface area contributed by atoms with E-state index in [2.05, 4.69) is 11.4 Å². The van der Waals surface area contributed by atoms with Gasteiger partial charge < -0.3 is 5.32 Å². The van der Waals surface area contributed by atoms with Crippen LogP contribution in [-0.2, 0) is 6.54 Å². The molecule has 94 valence electrons. The normalized spacial score (nSPS) is 10.4. The monoisotopic (exact) mass is 247 g/mol. The van der Waals surface area contributed by atoms with Crippen LogP contribution in [0.25, 0.3) is 0 Å². The Hall–Kier alpha value is -1.90. The van der Waals surface area contributed by atoms with Crippen molar-refractivity contribution in [2.24, 2.45) is 0 Å². The molecule has 0 fully saturated rings. The highest BCUT2D eigenvalue weighted by Gasteiger charge is 2.07. The minimum atomic E-state index is -0.833. The van der Waals surface area contributed by atoms with Crippen LogP contribution < -0.4 is 5.32 Å². The third kappa shape index (κ3) is 2.67. The molecule has 0 atom stereocenters. The number of anilines is 1. The van der Waals surface area contributed by atoms with E-state index in [0.29, 0.717) is 6.54 Å². The third-order valence-electron chi connectivity index (χ3n) is 2.92. The molecule has 0 heterocycles. The number of rotatable bonds is 3. The van der Waals surface area contributed by atoms with Crippen molar-refractivity contribution in [2.45, 2.75) is 20.4 Å².